The van der Waals surface area contributed by atoms with Crippen molar-refractivity contribution in [2.75, 3.05) is 6.61 Å². The van der Waals surface area contributed by atoms with Gasteiger partial charge in [-0.3, -0.25) is 4.79 Å². The third-order valence-electron chi connectivity index (χ3n) is 7.16. The van der Waals surface area contributed by atoms with Crippen LogP contribution in [0.1, 0.15) is 175 Å². The molecule has 0 aliphatic heterocycles. The highest BCUT2D eigenvalue weighted by molar-refractivity contribution is 5.69. The molecule has 0 aliphatic carbocycles. The first-order valence-electron chi connectivity index (χ1n) is 16.0. The summed E-state index contributed by atoms with van der Waals surface area (Å²) in [5.74, 6) is 0.846. The number of allylic oxidation sites excluding steroid dienone is 1. The molecule has 0 aliphatic rings. The quantitative estimate of drug-likeness (QED) is 0.0649. The Morgan fingerprint density at radius 2 is 1.19 bits per heavy atom. The Morgan fingerprint density at radius 1 is 0.667 bits per heavy atom. The largest absolute Gasteiger partial charge is 0.466 e. The maximum atomic E-state index is 11.9. The summed E-state index contributed by atoms with van der Waals surface area (Å²) in [6.45, 7) is 7.45. The second kappa shape index (κ2) is 28.7. The van der Waals surface area contributed by atoms with Crippen molar-refractivity contribution in [3.8, 4) is 0 Å². The zero-order valence-corrected chi connectivity index (χ0v) is 24.8. The second-order valence-electron chi connectivity index (χ2n) is 11.5. The normalized spacial score (nSPS) is 12.6. The molecule has 0 aromatic carbocycles. The van der Waals surface area contributed by atoms with Crippen LogP contribution in [0, 0.1) is 5.92 Å². The number of carbonyl (C=O) groups excluding carboxylic acids is 1. The van der Waals surface area contributed by atoms with Crippen LogP contribution in [0.25, 0.3) is 0 Å². The predicted molar refractivity (Wildman–Crippen MR) is 157 cm³/mol. The Kier molecular flexibility index (Phi) is 28.1. The van der Waals surface area contributed by atoms with Gasteiger partial charge in [0.15, 0.2) is 0 Å². The predicted octanol–water partition coefficient (Wildman–Crippen LogP) is 10.5. The lowest BCUT2D eigenvalue weighted by Crippen LogP contribution is -2.05. The molecule has 0 radical (unpaired) electrons. The van der Waals surface area contributed by atoms with E-state index >= 15 is 0 Å². The van der Waals surface area contributed by atoms with Crippen LogP contribution in [-0.2, 0) is 9.53 Å². The van der Waals surface area contributed by atoms with Crippen molar-refractivity contribution in [2.24, 2.45) is 5.92 Å². The summed E-state index contributed by atoms with van der Waals surface area (Å²) in [5.41, 5.74) is 0. The van der Waals surface area contributed by atoms with Gasteiger partial charge in [-0.2, -0.15) is 0 Å². The van der Waals surface area contributed by atoms with Crippen LogP contribution in [-0.4, -0.2) is 23.8 Å². The fourth-order valence-electron chi connectivity index (χ4n) is 4.68. The van der Waals surface area contributed by atoms with E-state index in [1.54, 1.807) is 0 Å². The van der Waals surface area contributed by atoms with Crippen molar-refractivity contribution >= 4 is 5.97 Å². The number of hydrogen-bond donors (Lipinski definition) is 1. The Bertz CT molecular complexity index is 472. The van der Waals surface area contributed by atoms with Crippen molar-refractivity contribution in [2.45, 2.75) is 181 Å². The number of aliphatic hydroxyl groups is 1. The molecule has 3 nitrogen and oxygen atoms in total. The fraction of sp³-hybridized carbons (Fsp3) is 0.909. The molecule has 36 heavy (non-hydrogen) atoms. The summed E-state index contributed by atoms with van der Waals surface area (Å²) in [4.78, 5) is 11.9. The lowest BCUT2D eigenvalue weighted by Gasteiger charge is -2.07. The molecule has 0 saturated carbocycles. The van der Waals surface area contributed by atoms with Gasteiger partial charge in [0, 0.05) is 6.42 Å². The molecule has 0 fully saturated rings. The monoisotopic (exact) mass is 508 g/mol. The van der Waals surface area contributed by atoms with Crippen molar-refractivity contribution in [1.82, 2.24) is 0 Å². The number of rotatable bonds is 28. The number of hydrogen-bond acceptors (Lipinski definition) is 3. The van der Waals surface area contributed by atoms with Crippen molar-refractivity contribution < 1.29 is 14.6 Å². The molecule has 0 spiro atoms. The Balaban J connectivity index is 3.28. The van der Waals surface area contributed by atoms with Crippen molar-refractivity contribution in [3.63, 3.8) is 0 Å². The van der Waals surface area contributed by atoms with E-state index in [9.17, 15) is 9.90 Å². The van der Waals surface area contributed by atoms with E-state index < -0.39 is 0 Å². The van der Waals surface area contributed by atoms with E-state index in [2.05, 4.69) is 32.9 Å². The number of aliphatic hydroxyl groups excluding tert-OH is 1. The smallest absolute Gasteiger partial charge is 0.305 e. The summed E-state index contributed by atoms with van der Waals surface area (Å²) >= 11 is 0. The van der Waals surface area contributed by atoms with Gasteiger partial charge in [-0.25, -0.2) is 0 Å². The van der Waals surface area contributed by atoms with Crippen LogP contribution in [0.15, 0.2) is 12.2 Å². The Labute approximate surface area is 226 Å². The van der Waals surface area contributed by atoms with E-state index in [-0.39, 0.29) is 12.1 Å². The standard InChI is InChI=1S/C33H64O3/c1-4-5-6-22-27-32(34)28-23-18-14-10-11-15-19-24-29-33(35)36-30-25-20-16-12-8-7-9-13-17-21-26-31(2)3/h18,23,31-32,34H,4-17,19-22,24-30H2,1-3H3/b23-18-/t32-/m1/s1. The lowest BCUT2D eigenvalue weighted by atomic mass is 10.0. The first kappa shape index (κ1) is 35.2. The van der Waals surface area contributed by atoms with E-state index in [0.29, 0.717) is 13.0 Å². The summed E-state index contributed by atoms with van der Waals surface area (Å²) in [6, 6.07) is 0. The summed E-state index contributed by atoms with van der Waals surface area (Å²) in [6.07, 6.45) is 32.8. The summed E-state index contributed by atoms with van der Waals surface area (Å²) in [7, 11) is 0. The van der Waals surface area contributed by atoms with Crippen LogP contribution < -0.4 is 0 Å². The second-order valence-corrected chi connectivity index (χ2v) is 11.5. The molecule has 0 aromatic rings. The first-order chi connectivity index (χ1) is 17.6. The third-order valence-corrected chi connectivity index (χ3v) is 7.16. The van der Waals surface area contributed by atoms with Gasteiger partial charge in [0.25, 0.3) is 0 Å². The maximum absolute atomic E-state index is 11.9. The first-order valence-corrected chi connectivity index (χ1v) is 16.0. The number of esters is 1. The van der Waals surface area contributed by atoms with Gasteiger partial charge in [0.2, 0.25) is 0 Å². The minimum atomic E-state index is -0.165. The highest BCUT2D eigenvalue weighted by Gasteiger charge is 2.03. The number of unbranched alkanes of at least 4 members (excludes halogenated alkanes) is 17. The van der Waals surface area contributed by atoms with Gasteiger partial charge < -0.3 is 9.84 Å². The van der Waals surface area contributed by atoms with E-state index in [4.69, 9.17) is 4.74 Å². The highest BCUT2D eigenvalue weighted by Crippen LogP contribution is 2.14. The Hall–Kier alpha value is -0.830. The minimum Gasteiger partial charge on any atom is -0.466 e. The topological polar surface area (TPSA) is 46.5 Å². The molecular formula is C33H64O3. The van der Waals surface area contributed by atoms with Crippen LogP contribution in [0.2, 0.25) is 0 Å². The van der Waals surface area contributed by atoms with E-state index in [1.165, 1.54) is 103 Å². The van der Waals surface area contributed by atoms with Gasteiger partial charge in [-0.15, -0.1) is 0 Å². The summed E-state index contributed by atoms with van der Waals surface area (Å²) < 4.78 is 5.40. The van der Waals surface area contributed by atoms with Gasteiger partial charge in [-0.05, 0) is 44.4 Å². The molecule has 0 saturated heterocycles. The summed E-state index contributed by atoms with van der Waals surface area (Å²) in [5, 5.41) is 9.96. The minimum absolute atomic E-state index is 0.0105. The SMILES string of the molecule is CCCCCC[C@@H](O)C/C=C\CCCCCCCC(=O)OCCCCCCCCCCCCC(C)C. The third kappa shape index (κ3) is 29.4. The molecule has 0 unspecified atom stereocenters. The Morgan fingerprint density at radius 3 is 1.83 bits per heavy atom. The number of ether oxygens (including phenoxy) is 1. The molecule has 214 valence electrons. The van der Waals surface area contributed by atoms with Crippen LogP contribution in [0.3, 0.4) is 0 Å². The average Bonchev–Trinajstić information content (AvgIpc) is 2.85. The zero-order chi connectivity index (χ0) is 26.5. The maximum Gasteiger partial charge on any atom is 0.305 e. The highest BCUT2D eigenvalue weighted by atomic mass is 16.5. The van der Waals surface area contributed by atoms with Crippen LogP contribution in [0.4, 0.5) is 0 Å². The van der Waals surface area contributed by atoms with Crippen molar-refractivity contribution in [3.05, 3.63) is 12.2 Å². The van der Waals surface area contributed by atoms with Gasteiger partial charge in [-0.1, -0.05) is 142 Å². The molecule has 0 amide bonds. The van der Waals surface area contributed by atoms with Crippen molar-refractivity contribution in [1.29, 1.82) is 0 Å². The van der Waals surface area contributed by atoms with Crippen LogP contribution in [0.5, 0.6) is 0 Å². The molecular weight excluding hydrogens is 444 g/mol. The van der Waals surface area contributed by atoms with Gasteiger partial charge in [0.1, 0.15) is 0 Å². The molecule has 1 N–H and O–H groups in total. The zero-order valence-electron chi connectivity index (χ0n) is 24.8. The molecule has 0 bridgehead atoms. The van der Waals surface area contributed by atoms with Gasteiger partial charge >= 0.3 is 5.97 Å². The molecule has 0 rings (SSSR count). The molecule has 0 heterocycles. The van der Waals surface area contributed by atoms with E-state index in [0.717, 1.165) is 50.9 Å². The van der Waals surface area contributed by atoms with Crippen LogP contribution >= 0.6 is 0 Å². The molecule has 3 heteroatoms. The van der Waals surface area contributed by atoms with E-state index in [1.807, 2.05) is 0 Å². The van der Waals surface area contributed by atoms with Gasteiger partial charge in [0.05, 0.1) is 12.7 Å². The average molecular weight is 509 g/mol. The lowest BCUT2D eigenvalue weighted by molar-refractivity contribution is -0.143. The number of carbonyl (C=O) groups is 1. The molecule has 0 aromatic heterocycles. The fourth-order valence-corrected chi connectivity index (χ4v) is 4.68. The molecule has 1 atom stereocenters.